The fourth-order valence-electron chi connectivity index (χ4n) is 1.42. The Morgan fingerprint density at radius 1 is 1.38 bits per heavy atom. The molecule has 0 aliphatic carbocycles. The van der Waals surface area contributed by atoms with Gasteiger partial charge in [0.1, 0.15) is 5.82 Å². The van der Waals surface area contributed by atoms with E-state index >= 15 is 0 Å². The van der Waals surface area contributed by atoms with E-state index in [0.717, 1.165) is 6.07 Å². The molecule has 1 aromatic rings. The molecule has 0 aliphatic rings. The fourth-order valence-corrected chi connectivity index (χ4v) is 1.42. The number of halogens is 3. The largest absolute Gasteiger partial charge is 0.297 e. The third-order valence-corrected chi connectivity index (χ3v) is 1.99. The highest BCUT2D eigenvalue weighted by molar-refractivity contribution is 5.33. The van der Waals surface area contributed by atoms with Crippen molar-refractivity contribution in [1.29, 1.82) is 5.26 Å². The van der Waals surface area contributed by atoms with Crippen LogP contribution >= 0.6 is 0 Å². The molecule has 5 heteroatoms. The summed E-state index contributed by atoms with van der Waals surface area (Å²) in [5, 5.41) is 8.62. The van der Waals surface area contributed by atoms with Gasteiger partial charge in [-0.3, -0.25) is 4.90 Å². The van der Waals surface area contributed by atoms with Crippen LogP contribution in [0.1, 0.15) is 11.1 Å². The summed E-state index contributed by atoms with van der Waals surface area (Å²) in [6.07, 6.45) is -2.42. The highest BCUT2D eigenvalue weighted by Gasteiger charge is 2.09. The summed E-state index contributed by atoms with van der Waals surface area (Å²) < 4.78 is 37.1. The summed E-state index contributed by atoms with van der Waals surface area (Å²) in [5.74, 6) is -0.528. The van der Waals surface area contributed by atoms with Crippen molar-refractivity contribution in [1.82, 2.24) is 4.90 Å². The van der Waals surface area contributed by atoms with Gasteiger partial charge < -0.3 is 0 Å². The lowest BCUT2D eigenvalue weighted by atomic mass is 10.1. The first-order valence-electron chi connectivity index (χ1n) is 4.67. The lowest BCUT2D eigenvalue weighted by Gasteiger charge is -2.15. The zero-order chi connectivity index (χ0) is 12.1. The van der Waals surface area contributed by atoms with Crippen molar-refractivity contribution in [3.05, 3.63) is 35.1 Å². The molecule has 86 valence electrons. The molecular weight excluding hydrogens is 217 g/mol. The summed E-state index contributed by atoms with van der Waals surface area (Å²) in [4.78, 5) is 1.38. The molecule has 2 nitrogen and oxygen atoms in total. The molecule has 16 heavy (non-hydrogen) atoms. The molecule has 0 saturated heterocycles. The van der Waals surface area contributed by atoms with Gasteiger partial charge in [0.05, 0.1) is 18.2 Å². The van der Waals surface area contributed by atoms with Crippen molar-refractivity contribution < 1.29 is 13.2 Å². The van der Waals surface area contributed by atoms with Crippen LogP contribution in [0, 0.1) is 17.1 Å². The number of nitriles is 1. The van der Waals surface area contributed by atoms with E-state index in [2.05, 4.69) is 0 Å². The Labute approximate surface area is 91.9 Å². The highest BCUT2D eigenvalue weighted by Crippen LogP contribution is 2.11. The molecule has 1 rings (SSSR count). The van der Waals surface area contributed by atoms with Crippen LogP contribution in [-0.2, 0) is 6.54 Å². The summed E-state index contributed by atoms with van der Waals surface area (Å²) in [6, 6.07) is 5.65. The van der Waals surface area contributed by atoms with Crippen LogP contribution in [0.4, 0.5) is 13.2 Å². The van der Waals surface area contributed by atoms with Gasteiger partial charge in [-0.1, -0.05) is 0 Å². The Morgan fingerprint density at radius 3 is 2.62 bits per heavy atom. The van der Waals surface area contributed by atoms with E-state index < -0.39 is 12.2 Å². The summed E-state index contributed by atoms with van der Waals surface area (Å²) in [7, 11) is 1.52. The average molecular weight is 228 g/mol. The van der Waals surface area contributed by atoms with Crippen molar-refractivity contribution in [2.24, 2.45) is 0 Å². The van der Waals surface area contributed by atoms with Gasteiger partial charge in [-0.25, -0.2) is 13.2 Å². The predicted molar refractivity (Wildman–Crippen MR) is 53.5 cm³/mol. The van der Waals surface area contributed by atoms with Gasteiger partial charge in [-0.15, -0.1) is 0 Å². The lowest BCUT2D eigenvalue weighted by molar-refractivity contribution is 0.0975. The first-order chi connectivity index (χ1) is 7.51. The second kappa shape index (κ2) is 5.52. The monoisotopic (exact) mass is 228 g/mol. The number of hydrogen-bond acceptors (Lipinski definition) is 2. The summed E-state index contributed by atoms with van der Waals surface area (Å²) >= 11 is 0. The van der Waals surface area contributed by atoms with E-state index in [0.29, 0.717) is 5.56 Å². The molecule has 0 spiro atoms. The first-order valence-corrected chi connectivity index (χ1v) is 4.67. The maximum absolute atomic E-state index is 13.0. The number of nitrogens with zero attached hydrogens (tertiary/aromatic N) is 2. The molecule has 0 radical (unpaired) electrons. The Bertz CT molecular complexity index is 399. The predicted octanol–water partition coefficient (Wildman–Crippen LogP) is 2.39. The maximum atomic E-state index is 13.0. The standard InChI is InChI=1S/C11H11F3N2/c1-16(7-11(13)14)6-9-2-8(5-15)3-10(12)4-9/h2-4,11H,6-7H2,1H3. The van der Waals surface area contributed by atoms with Gasteiger partial charge in [0.25, 0.3) is 6.43 Å². The van der Waals surface area contributed by atoms with Crippen molar-refractivity contribution >= 4 is 0 Å². The second-order valence-electron chi connectivity index (χ2n) is 3.55. The number of benzene rings is 1. The third kappa shape index (κ3) is 3.91. The van der Waals surface area contributed by atoms with Crippen LogP contribution in [-0.4, -0.2) is 24.9 Å². The fraction of sp³-hybridized carbons (Fsp3) is 0.364. The Morgan fingerprint density at radius 2 is 2.06 bits per heavy atom. The Hall–Kier alpha value is -1.54. The number of hydrogen-bond donors (Lipinski definition) is 0. The van der Waals surface area contributed by atoms with Crippen LogP contribution in [0.5, 0.6) is 0 Å². The van der Waals surface area contributed by atoms with Crippen LogP contribution in [0.2, 0.25) is 0 Å². The molecule has 0 atom stereocenters. The van der Waals surface area contributed by atoms with E-state index in [1.54, 1.807) is 0 Å². The van der Waals surface area contributed by atoms with E-state index in [9.17, 15) is 13.2 Å². The molecule has 0 N–H and O–H groups in total. The van der Waals surface area contributed by atoms with Gasteiger partial charge >= 0.3 is 0 Å². The van der Waals surface area contributed by atoms with Gasteiger partial charge in [-0.2, -0.15) is 5.26 Å². The summed E-state index contributed by atoms with van der Waals surface area (Å²) in [5.41, 5.74) is 0.708. The number of rotatable bonds is 4. The average Bonchev–Trinajstić information content (AvgIpc) is 2.14. The van der Waals surface area contributed by atoms with Gasteiger partial charge in [0, 0.05) is 6.54 Å². The second-order valence-corrected chi connectivity index (χ2v) is 3.55. The third-order valence-electron chi connectivity index (χ3n) is 1.99. The summed E-state index contributed by atoms with van der Waals surface area (Å²) in [6.45, 7) is -0.185. The molecule has 0 amide bonds. The van der Waals surface area contributed by atoms with E-state index in [1.807, 2.05) is 6.07 Å². The number of alkyl halides is 2. The Kier molecular flexibility index (Phi) is 4.32. The molecule has 0 heterocycles. The van der Waals surface area contributed by atoms with Crippen LogP contribution < -0.4 is 0 Å². The zero-order valence-electron chi connectivity index (χ0n) is 8.75. The van der Waals surface area contributed by atoms with E-state index in [4.69, 9.17) is 5.26 Å². The minimum atomic E-state index is -2.42. The van der Waals surface area contributed by atoms with Crippen molar-refractivity contribution in [3.63, 3.8) is 0 Å². The van der Waals surface area contributed by atoms with Crippen LogP contribution in [0.3, 0.4) is 0 Å². The van der Waals surface area contributed by atoms with Crippen molar-refractivity contribution in [2.75, 3.05) is 13.6 Å². The van der Waals surface area contributed by atoms with Crippen LogP contribution in [0.25, 0.3) is 0 Å². The molecule has 0 fully saturated rings. The van der Waals surface area contributed by atoms with E-state index in [1.165, 1.54) is 24.1 Å². The minimum Gasteiger partial charge on any atom is -0.297 e. The van der Waals surface area contributed by atoms with Gasteiger partial charge in [-0.05, 0) is 30.8 Å². The first kappa shape index (κ1) is 12.5. The van der Waals surface area contributed by atoms with Crippen molar-refractivity contribution in [3.8, 4) is 6.07 Å². The van der Waals surface area contributed by atoms with Gasteiger partial charge in [0.15, 0.2) is 0 Å². The molecular formula is C11H11F3N2. The molecule has 0 unspecified atom stereocenters. The zero-order valence-corrected chi connectivity index (χ0v) is 8.75. The minimum absolute atomic E-state index is 0.191. The lowest BCUT2D eigenvalue weighted by Crippen LogP contribution is -2.24. The highest BCUT2D eigenvalue weighted by atomic mass is 19.3. The molecule has 0 aliphatic heterocycles. The quantitative estimate of drug-likeness (QED) is 0.791. The topological polar surface area (TPSA) is 27.0 Å². The SMILES string of the molecule is CN(Cc1cc(F)cc(C#N)c1)CC(F)F. The molecule has 0 saturated carbocycles. The smallest absolute Gasteiger partial charge is 0.251 e. The normalized spacial score (nSPS) is 10.8. The van der Waals surface area contributed by atoms with Crippen molar-refractivity contribution in [2.45, 2.75) is 13.0 Å². The Balaban J connectivity index is 2.74. The molecule has 1 aromatic carbocycles. The maximum Gasteiger partial charge on any atom is 0.251 e. The van der Waals surface area contributed by atoms with E-state index in [-0.39, 0.29) is 18.7 Å². The molecule has 0 bridgehead atoms. The molecule has 0 aromatic heterocycles. The van der Waals surface area contributed by atoms with Gasteiger partial charge in [0.2, 0.25) is 0 Å². The van der Waals surface area contributed by atoms with Crippen LogP contribution in [0.15, 0.2) is 18.2 Å².